The van der Waals surface area contributed by atoms with Crippen molar-refractivity contribution in [1.82, 2.24) is 9.13 Å². The molecule has 23 aromatic rings. The maximum Gasteiger partial charge on any atom is 0.0547 e. The Morgan fingerprint density at radius 1 is 0.147 bits per heavy atom. The van der Waals surface area contributed by atoms with E-state index in [0.717, 1.165) is 45.5 Å². The molecule has 0 amide bonds. The third-order valence-electron chi connectivity index (χ3n) is 23.7. The minimum absolute atomic E-state index is 1.11. The Hall–Kier alpha value is -15.4. The first-order valence-corrected chi connectivity index (χ1v) is 39.9. The van der Waals surface area contributed by atoms with Gasteiger partial charge in [-0.3, -0.25) is 0 Å². The second kappa shape index (κ2) is 28.4. The first-order valence-electron chi connectivity index (χ1n) is 39.9. The first-order chi connectivity index (χ1) is 57.5. The minimum Gasteiger partial charge on any atom is -0.311 e. The summed E-state index contributed by atoms with van der Waals surface area (Å²) in [6.07, 6.45) is 0. The Kier molecular flexibility index (Phi) is 16.6. The number of aromatic nitrogens is 2. The molecule has 0 spiro atoms. The summed E-state index contributed by atoms with van der Waals surface area (Å²) in [5.74, 6) is 0. The number of anilines is 6. The highest BCUT2D eigenvalue weighted by atomic mass is 15.1. The van der Waals surface area contributed by atoms with Crippen molar-refractivity contribution in [2.75, 3.05) is 9.80 Å². The molecule has 2 heterocycles. The second-order valence-corrected chi connectivity index (χ2v) is 30.3. The van der Waals surface area contributed by atoms with Crippen LogP contribution in [0.15, 0.2) is 449 Å². The fourth-order valence-corrected chi connectivity index (χ4v) is 18.2. The monoisotopic (exact) mass is 1470 g/mol. The molecule has 23 rings (SSSR count). The molecule has 0 saturated heterocycles. The zero-order valence-corrected chi connectivity index (χ0v) is 63.5. The summed E-state index contributed by atoms with van der Waals surface area (Å²) in [5.41, 5.74) is 23.4. The normalized spacial score (nSPS) is 11.6. The van der Waals surface area contributed by atoms with Gasteiger partial charge in [0.1, 0.15) is 0 Å². The van der Waals surface area contributed by atoms with Crippen molar-refractivity contribution in [2.24, 2.45) is 0 Å². The fourth-order valence-electron chi connectivity index (χ4n) is 18.2. The zero-order chi connectivity index (χ0) is 76.6. The largest absolute Gasteiger partial charge is 0.311 e. The summed E-state index contributed by atoms with van der Waals surface area (Å²) < 4.78 is 4.88. The van der Waals surface area contributed by atoms with E-state index in [-0.39, 0.29) is 0 Å². The highest BCUT2D eigenvalue weighted by molar-refractivity contribution is 6.30. The lowest BCUT2D eigenvalue weighted by Crippen LogP contribution is -2.09. The average molecular weight is 1480 g/mol. The smallest absolute Gasteiger partial charge is 0.0547 e. The molecule has 116 heavy (non-hydrogen) atoms. The molecule has 21 aromatic carbocycles. The quantitative estimate of drug-likeness (QED) is 0.113. The molecule has 0 aliphatic carbocycles. The van der Waals surface area contributed by atoms with E-state index in [1.54, 1.807) is 0 Å². The van der Waals surface area contributed by atoms with E-state index in [2.05, 4.69) is 468 Å². The van der Waals surface area contributed by atoms with Gasteiger partial charge in [-0.1, -0.05) is 315 Å². The van der Waals surface area contributed by atoms with Crippen LogP contribution in [0.3, 0.4) is 0 Å². The van der Waals surface area contributed by atoms with Crippen LogP contribution in [-0.4, -0.2) is 9.13 Å². The summed E-state index contributed by atoms with van der Waals surface area (Å²) in [7, 11) is 0. The number of para-hydroxylation sites is 2. The van der Waals surface area contributed by atoms with Crippen molar-refractivity contribution < 1.29 is 0 Å². The minimum atomic E-state index is 1.11. The van der Waals surface area contributed by atoms with Crippen LogP contribution in [0.5, 0.6) is 0 Å². The van der Waals surface area contributed by atoms with Gasteiger partial charge in [-0.2, -0.15) is 0 Å². The lowest BCUT2D eigenvalue weighted by molar-refractivity contribution is 1.18. The predicted octanol–water partition coefficient (Wildman–Crippen LogP) is 31.2. The van der Waals surface area contributed by atoms with Crippen LogP contribution in [0.25, 0.3) is 175 Å². The fraction of sp³-hybridized carbons (Fsp3) is 0. The molecule has 0 saturated carbocycles. The molecule has 542 valence electrons. The summed E-state index contributed by atoms with van der Waals surface area (Å²) >= 11 is 0. The highest BCUT2D eigenvalue weighted by Gasteiger charge is 2.22. The van der Waals surface area contributed by atoms with Crippen molar-refractivity contribution in [3.05, 3.63) is 449 Å². The lowest BCUT2D eigenvalue weighted by atomic mass is 9.93. The SMILES string of the molecule is c1ccc(N(c2ccc(-c3ccc(-n4c5ccc6ccccc6c5c5c6ccccc6ccc54)cc3)cc2)c2ccc(-c3cc4ccccc4c4ccccc34)cc2)cc1.c1ccc(N(c2ccc(-c3cccc(-n4c5ccc6ccccc6c5c5c6ccccc6ccc54)c3)cc2)c2ccc(-c3ccc4ccccc4c3)cc2)cc1. The van der Waals surface area contributed by atoms with Gasteiger partial charge in [-0.05, 0) is 253 Å². The van der Waals surface area contributed by atoms with Gasteiger partial charge < -0.3 is 18.9 Å². The number of benzene rings is 21. The van der Waals surface area contributed by atoms with Crippen molar-refractivity contribution in [3.63, 3.8) is 0 Å². The van der Waals surface area contributed by atoms with E-state index < -0.39 is 0 Å². The molecule has 0 aliphatic heterocycles. The molecule has 0 aliphatic rings. The molecule has 0 radical (unpaired) electrons. The molecule has 2 aromatic heterocycles. The van der Waals surface area contributed by atoms with Crippen LogP contribution in [0.4, 0.5) is 34.1 Å². The zero-order valence-electron chi connectivity index (χ0n) is 63.5. The Bertz CT molecular complexity index is 7530. The van der Waals surface area contributed by atoms with Gasteiger partial charge in [0.2, 0.25) is 0 Å². The number of fused-ring (bicyclic) bond motifs is 18. The molecule has 4 heteroatoms. The topological polar surface area (TPSA) is 16.3 Å². The Labute approximate surface area is 672 Å². The lowest BCUT2D eigenvalue weighted by Gasteiger charge is -2.26. The first kappa shape index (κ1) is 67.5. The van der Waals surface area contributed by atoms with Crippen LogP contribution in [0.2, 0.25) is 0 Å². The van der Waals surface area contributed by atoms with Gasteiger partial charge in [0, 0.05) is 67.0 Å². The third kappa shape index (κ3) is 11.8. The maximum absolute atomic E-state index is 2.44. The van der Waals surface area contributed by atoms with E-state index in [1.807, 2.05) is 0 Å². The van der Waals surface area contributed by atoms with E-state index in [0.29, 0.717) is 0 Å². The second-order valence-electron chi connectivity index (χ2n) is 30.3. The van der Waals surface area contributed by atoms with Crippen LogP contribution in [0.1, 0.15) is 0 Å². The van der Waals surface area contributed by atoms with E-state index >= 15 is 0 Å². The average Bonchev–Trinajstić information content (AvgIpc) is 1.56. The number of nitrogens with zero attached hydrogens (tertiary/aromatic N) is 4. The van der Waals surface area contributed by atoms with Crippen molar-refractivity contribution in [1.29, 1.82) is 0 Å². The van der Waals surface area contributed by atoms with E-state index in [1.165, 1.54) is 164 Å². The van der Waals surface area contributed by atoms with Crippen LogP contribution in [0, 0.1) is 0 Å². The molecule has 0 bridgehead atoms. The Balaban J connectivity index is 0.000000141. The molecule has 0 atom stereocenters. The van der Waals surface area contributed by atoms with Gasteiger partial charge in [0.05, 0.1) is 22.1 Å². The number of hydrogen-bond acceptors (Lipinski definition) is 2. The standard InChI is InChI=1S/C58H38N2.C54H36N2/c1-2-15-45(16-3-1)59(47-34-26-43(27-35-47)54-38-44-14-6-7-17-49(44)52-20-10-11-21-53(52)54)46-30-22-39(23-31-46)40-24-32-48(33-25-40)60-55-36-28-41-12-4-8-18-50(41)57(55)58-51-19-9-5-13-42(51)29-37-56(58)60;1-2-16-45(17-3-1)55(47-31-25-39(26-32-47)44-22-21-37-11-4-5-14-42(37)35-44)46-29-23-38(24-30-46)43-15-10-18-48(36-43)56-51-33-27-40-12-6-8-19-49(40)53(51)54-50-20-9-7-13-41(50)28-34-52(54)56/h1-38H;1-36H. The van der Waals surface area contributed by atoms with Crippen molar-refractivity contribution in [3.8, 4) is 55.9 Å². The maximum atomic E-state index is 2.44. The molecular formula is C112H74N4. The van der Waals surface area contributed by atoms with Crippen LogP contribution >= 0.6 is 0 Å². The number of hydrogen-bond donors (Lipinski definition) is 0. The molecule has 0 unspecified atom stereocenters. The summed E-state index contributed by atoms with van der Waals surface area (Å²) in [6, 6.07) is 163. The van der Waals surface area contributed by atoms with Gasteiger partial charge in [-0.25, -0.2) is 0 Å². The molecule has 0 fully saturated rings. The predicted molar refractivity (Wildman–Crippen MR) is 495 cm³/mol. The van der Waals surface area contributed by atoms with Gasteiger partial charge >= 0.3 is 0 Å². The van der Waals surface area contributed by atoms with Crippen molar-refractivity contribution in [2.45, 2.75) is 0 Å². The molecule has 0 N–H and O–H groups in total. The van der Waals surface area contributed by atoms with Gasteiger partial charge in [-0.15, -0.1) is 0 Å². The van der Waals surface area contributed by atoms with Gasteiger partial charge in [0.15, 0.2) is 0 Å². The Morgan fingerprint density at radius 3 is 0.888 bits per heavy atom. The van der Waals surface area contributed by atoms with Crippen LogP contribution < -0.4 is 9.80 Å². The van der Waals surface area contributed by atoms with Crippen molar-refractivity contribution >= 4 is 153 Å². The third-order valence-corrected chi connectivity index (χ3v) is 23.7. The van der Waals surface area contributed by atoms with Crippen LogP contribution in [-0.2, 0) is 0 Å². The number of rotatable bonds is 12. The summed E-state index contributed by atoms with van der Waals surface area (Å²) in [4.78, 5) is 4.67. The van der Waals surface area contributed by atoms with E-state index in [9.17, 15) is 0 Å². The summed E-state index contributed by atoms with van der Waals surface area (Å²) in [6.45, 7) is 0. The van der Waals surface area contributed by atoms with E-state index in [4.69, 9.17) is 0 Å². The molecule has 4 nitrogen and oxygen atoms in total. The van der Waals surface area contributed by atoms with Gasteiger partial charge in [0.25, 0.3) is 0 Å². The Morgan fingerprint density at radius 2 is 0.448 bits per heavy atom. The molecular weight excluding hydrogens is 1400 g/mol. The highest BCUT2D eigenvalue weighted by Crippen LogP contribution is 2.46. The summed E-state index contributed by atoms with van der Waals surface area (Å²) in [5, 5.41) is 23.0.